The lowest BCUT2D eigenvalue weighted by molar-refractivity contribution is -0.123. The topological polar surface area (TPSA) is 82.3 Å². The molecule has 0 aliphatic rings. The van der Waals surface area contributed by atoms with E-state index in [-0.39, 0.29) is 18.9 Å². The fraction of sp³-hybridized carbons (Fsp3) is 0.385. The van der Waals surface area contributed by atoms with E-state index in [2.05, 4.69) is 5.32 Å². The van der Waals surface area contributed by atoms with Crippen LogP contribution in [-0.2, 0) is 4.79 Å². The first-order chi connectivity index (χ1) is 9.04. The zero-order valence-corrected chi connectivity index (χ0v) is 11.3. The van der Waals surface area contributed by atoms with Crippen molar-refractivity contribution in [1.29, 1.82) is 5.26 Å². The normalized spacial score (nSPS) is 11.5. The van der Waals surface area contributed by atoms with Crippen molar-refractivity contribution < 1.29 is 14.6 Å². The third kappa shape index (κ3) is 5.16. The highest BCUT2D eigenvalue weighted by Crippen LogP contribution is 2.28. The summed E-state index contributed by atoms with van der Waals surface area (Å²) in [5, 5.41) is 21.0. The molecule has 1 aromatic carbocycles. The number of hydrogen-bond acceptors (Lipinski definition) is 4. The van der Waals surface area contributed by atoms with Crippen LogP contribution < -0.4 is 10.1 Å². The average Bonchev–Trinajstić information content (AvgIpc) is 2.37. The molecule has 0 aliphatic carbocycles. The molecule has 0 aromatic heterocycles. The Bertz CT molecular complexity index is 483. The van der Waals surface area contributed by atoms with E-state index in [1.54, 1.807) is 25.1 Å². The number of nitrogens with zero attached hydrogens (tertiary/aromatic N) is 1. The van der Waals surface area contributed by atoms with Gasteiger partial charge in [-0.1, -0.05) is 11.6 Å². The van der Waals surface area contributed by atoms with Crippen molar-refractivity contribution in [2.75, 3.05) is 13.2 Å². The molecule has 0 unspecified atom stereocenters. The van der Waals surface area contributed by atoms with Crippen LogP contribution in [0.15, 0.2) is 18.2 Å². The van der Waals surface area contributed by atoms with E-state index in [4.69, 9.17) is 21.6 Å². The fourth-order valence-electron chi connectivity index (χ4n) is 1.43. The second kappa shape index (κ2) is 7.62. The third-order valence-corrected chi connectivity index (χ3v) is 2.57. The van der Waals surface area contributed by atoms with E-state index in [9.17, 15) is 9.90 Å². The molecular formula is C13H15ClN2O3. The Labute approximate surface area is 116 Å². The molecule has 0 heterocycles. The Hall–Kier alpha value is -1.77. The standard InChI is InChI=1S/C13H15ClN2O3/c1-9(17)11-7-10(14)3-4-12(11)19-8-13(18)16-6-2-5-15/h3-4,7,9,17H,2,6,8H2,1H3,(H,16,18)/t9-/m0/s1. The molecule has 0 saturated carbocycles. The Balaban J connectivity index is 2.58. The second-order valence-electron chi connectivity index (χ2n) is 3.90. The molecule has 6 heteroatoms. The van der Waals surface area contributed by atoms with E-state index < -0.39 is 6.10 Å². The largest absolute Gasteiger partial charge is 0.483 e. The second-order valence-corrected chi connectivity index (χ2v) is 4.34. The minimum atomic E-state index is -0.740. The van der Waals surface area contributed by atoms with Crippen LogP contribution in [0.1, 0.15) is 25.0 Å². The number of nitriles is 1. The molecule has 0 fully saturated rings. The predicted molar refractivity (Wildman–Crippen MR) is 70.8 cm³/mol. The van der Waals surface area contributed by atoms with Gasteiger partial charge in [-0.3, -0.25) is 4.79 Å². The Kier molecular flexibility index (Phi) is 6.13. The highest BCUT2D eigenvalue weighted by Gasteiger charge is 2.11. The van der Waals surface area contributed by atoms with Crippen LogP contribution in [-0.4, -0.2) is 24.2 Å². The zero-order valence-electron chi connectivity index (χ0n) is 10.5. The van der Waals surface area contributed by atoms with Gasteiger partial charge in [0.15, 0.2) is 6.61 Å². The molecular weight excluding hydrogens is 268 g/mol. The van der Waals surface area contributed by atoms with Gasteiger partial charge in [0, 0.05) is 17.1 Å². The van der Waals surface area contributed by atoms with Crippen molar-refractivity contribution in [3.63, 3.8) is 0 Å². The highest BCUT2D eigenvalue weighted by molar-refractivity contribution is 6.30. The van der Waals surface area contributed by atoms with Crippen molar-refractivity contribution in [2.24, 2.45) is 0 Å². The molecule has 19 heavy (non-hydrogen) atoms. The van der Waals surface area contributed by atoms with Crippen LogP contribution in [0.5, 0.6) is 5.75 Å². The highest BCUT2D eigenvalue weighted by atomic mass is 35.5. The summed E-state index contributed by atoms with van der Waals surface area (Å²) in [6, 6.07) is 6.74. The Morgan fingerprint density at radius 3 is 3.00 bits per heavy atom. The molecule has 1 amide bonds. The van der Waals surface area contributed by atoms with Crippen LogP contribution in [0, 0.1) is 11.3 Å². The lowest BCUT2D eigenvalue weighted by Gasteiger charge is -2.13. The smallest absolute Gasteiger partial charge is 0.257 e. The van der Waals surface area contributed by atoms with Crippen LogP contribution >= 0.6 is 11.6 Å². The van der Waals surface area contributed by atoms with Gasteiger partial charge in [0.05, 0.1) is 18.6 Å². The number of carbonyl (C=O) groups excluding carboxylic acids is 1. The van der Waals surface area contributed by atoms with Crippen molar-refractivity contribution in [3.8, 4) is 11.8 Å². The van der Waals surface area contributed by atoms with Gasteiger partial charge in [-0.15, -0.1) is 0 Å². The van der Waals surface area contributed by atoms with Gasteiger partial charge in [0.2, 0.25) is 0 Å². The Morgan fingerprint density at radius 2 is 2.37 bits per heavy atom. The lowest BCUT2D eigenvalue weighted by atomic mass is 10.1. The first-order valence-electron chi connectivity index (χ1n) is 5.78. The van der Waals surface area contributed by atoms with Crippen LogP contribution in [0.2, 0.25) is 5.02 Å². The number of aliphatic hydroxyl groups excluding tert-OH is 1. The van der Waals surface area contributed by atoms with E-state index in [0.717, 1.165) is 0 Å². The quantitative estimate of drug-likeness (QED) is 0.780. The summed E-state index contributed by atoms with van der Waals surface area (Å²) in [7, 11) is 0. The van der Waals surface area contributed by atoms with Crippen molar-refractivity contribution in [3.05, 3.63) is 28.8 Å². The molecule has 0 radical (unpaired) electrons. The summed E-state index contributed by atoms with van der Waals surface area (Å²) in [6.45, 7) is 1.71. The van der Waals surface area contributed by atoms with E-state index in [1.165, 1.54) is 0 Å². The molecule has 0 aliphatic heterocycles. The number of nitrogens with one attached hydrogen (secondary N) is 1. The van der Waals surface area contributed by atoms with E-state index in [1.807, 2.05) is 6.07 Å². The lowest BCUT2D eigenvalue weighted by Crippen LogP contribution is -2.29. The maximum Gasteiger partial charge on any atom is 0.257 e. The summed E-state index contributed by atoms with van der Waals surface area (Å²) in [6.07, 6.45) is -0.485. The maximum atomic E-state index is 11.4. The SMILES string of the molecule is C[C@H](O)c1cc(Cl)ccc1OCC(=O)NCCC#N. The summed E-state index contributed by atoms with van der Waals surface area (Å²) in [4.78, 5) is 11.4. The molecule has 0 saturated heterocycles. The van der Waals surface area contributed by atoms with Gasteiger partial charge in [0.1, 0.15) is 5.75 Å². The number of halogens is 1. The summed E-state index contributed by atoms with van der Waals surface area (Å²) in [5.41, 5.74) is 0.525. The summed E-state index contributed by atoms with van der Waals surface area (Å²) >= 11 is 5.83. The van der Waals surface area contributed by atoms with Gasteiger partial charge < -0.3 is 15.2 Å². The molecule has 5 nitrogen and oxygen atoms in total. The molecule has 1 aromatic rings. The third-order valence-electron chi connectivity index (χ3n) is 2.34. The average molecular weight is 283 g/mol. The molecule has 1 atom stereocenters. The number of amides is 1. The van der Waals surface area contributed by atoms with Crippen molar-refractivity contribution >= 4 is 17.5 Å². The fourth-order valence-corrected chi connectivity index (χ4v) is 1.61. The van der Waals surface area contributed by atoms with Gasteiger partial charge in [0.25, 0.3) is 5.91 Å². The first kappa shape index (κ1) is 15.3. The number of carbonyl (C=O) groups is 1. The molecule has 0 spiro atoms. The number of benzene rings is 1. The molecule has 0 bridgehead atoms. The summed E-state index contributed by atoms with van der Waals surface area (Å²) in [5.74, 6) is 0.0941. The van der Waals surface area contributed by atoms with E-state index >= 15 is 0 Å². The minimum Gasteiger partial charge on any atom is -0.483 e. The Morgan fingerprint density at radius 1 is 1.63 bits per heavy atom. The van der Waals surface area contributed by atoms with Crippen LogP contribution in [0.25, 0.3) is 0 Å². The maximum absolute atomic E-state index is 11.4. The molecule has 102 valence electrons. The van der Waals surface area contributed by atoms with Gasteiger partial charge in [-0.05, 0) is 25.1 Å². The van der Waals surface area contributed by atoms with Crippen molar-refractivity contribution in [2.45, 2.75) is 19.4 Å². The van der Waals surface area contributed by atoms with Gasteiger partial charge in [-0.2, -0.15) is 5.26 Å². The zero-order chi connectivity index (χ0) is 14.3. The number of ether oxygens (including phenoxy) is 1. The summed E-state index contributed by atoms with van der Waals surface area (Å²) < 4.78 is 5.33. The van der Waals surface area contributed by atoms with Crippen molar-refractivity contribution in [1.82, 2.24) is 5.32 Å². The predicted octanol–water partition coefficient (Wildman–Crippen LogP) is 1.80. The van der Waals surface area contributed by atoms with Crippen LogP contribution in [0.3, 0.4) is 0 Å². The van der Waals surface area contributed by atoms with Crippen LogP contribution in [0.4, 0.5) is 0 Å². The van der Waals surface area contributed by atoms with Gasteiger partial charge in [-0.25, -0.2) is 0 Å². The first-order valence-corrected chi connectivity index (χ1v) is 6.16. The number of aliphatic hydroxyl groups is 1. The monoisotopic (exact) mass is 282 g/mol. The molecule has 1 rings (SSSR count). The van der Waals surface area contributed by atoms with E-state index in [0.29, 0.717) is 22.9 Å². The minimum absolute atomic E-state index is 0.174. The van der Waals surface area contributed by atoms with Gasteiger partial charge >= 0.3 is 0 Å². The number of hydrogen-bond donors (Lipinski definition) is 2. The number of rotatable bonds is 6. The molecule has 2 N–H and O–H groups in total.